The van der Waals surface area contributed by atoms with Crippen LogP contribution in [0.1, 0.15) is 15.9 Å². The lowest BCUT2D eigenvalue weighted by Crippen LogP contribution is -2.17. The molecule has 0 saturated carbocycles. The molecule has 1 heterocycles. The number of amides is 1. The van der Waals surface area contributed by atoms with Crippen LogP contribution in [-0.2, 0) is 9.47 Å². The molecule has 0 N–H and O–H groups in total. The fraction of sp³-hybridized carbons (Fsp3) is 0.231. The highest BCUT2D eigenvalue weighted by atomic mass is 16.6. The second-order valence-corrected chi connectivity index (χ2v) is 3.57. The van der Waals surface area contributed by atoms with Gasteiger partial charge in [-0.2, -0.15) is 0 Å². The summed E-state index contributed by atoms with van der Waals surface area (Å²) in [6, 6.07) is 9.34. The van der Waals surface area contributed by atoms with Crippen molar-refractivity contribution in [2.75, 3.05) is 20.3 Å². The Bertz CT molecular complexity index is 524. The fourth-order valence-electron chi connectivity index (χ4n) is 1.43. The van der Waals surface area contributed by atoms with Gasteiger partial charge < -0.3 is 9.47 Å². The Morgan fingerprint density at radius 1 is 1.39 bits per heavy atom. The minimum Gasteiger partial charge on any atom is -0.465 e. The van der Waals surface area contributed by atoms with Crippen LogP contribution in [0.15, 0.2) is 24.3 Å². The average molecular weight is 245 g/mol. The third kappa shape index (κ3) is 2.61. The number of methoxy groups -OCH3 is 1. The van der Waals surface area contributed by atoms with E-state index in [9.17, 15) is 9.59 Å². The van der Waals surface area contributed by atoms with E-state index < -0.39 is 12.1 Å². The van der Waals surface area contributed by atoms with Gasteiger partial charge in [0, 0.05) is 11.6 Å². The lowest BCUT2D eigenvalue weighted by Gasteiger charge is -2.00. The summed E-state index contributed by atoms with van der Waals surface area (Å²) in [5.41, 5.74) is 1.17. The van der Waals surface area contributed by atoms with Gasteiger partial charge in [0.25, 0.3) is 0 Å². The standard InChI is InChI=1S/C13H11NO4/c1-17-12(15)11-4-2-10(3-5-11)6-7-14-8-9-18-13(14)16/h2-5H,8-9H2,1H3. The fourth-order valence-corrected chi connectivity index (χ4v) is 1.43. The zero-order valence-electron chi connectivity index (χ0n) is 9.80. The molecule has 1 aliphatic heterocycles. The van der Waals surface area contributed by atoms with E-state index >= 15 is 0 Å². The molecule has 2 rings (SSSR count). The highest BCUT2D eigenvalue weighted by Gasteiger charge is 2.19. The normalized spacial score (nSPS) is 13.6. The lowest BCUT2D eigenvalue weighted by atomic mass is 10.1. The molecular weight excluding hydrogens is 234 g/mol. The number of rotatable bonds is 1. The average Bonchev–Trinajstić information content (AvgIpc) is 2.81. The number of benzene rings is 1. The van der Waals surface area contributed by atoms with Crippen molar-refractivity contribution in [3.63, 3.8) is 0 Å². The molecule has 18 heavy (non-hydrogen) atoms. The molecule has 0 radical (unpaired) electrons. The first-order valence-corrected chi connectivity index (χ1v) is 5.35. The van der Waals surface area contributed by atoms with Crippen molar-refractivity contribution in [3.05, 3.63) is 35.4 Å². The molecule has 92 valence electrons. The Labute approximate surface area is 104 Å². The zero-order valence-corrected chi connectivity index (χ0v) is 9.80. The number of hydrogen-bond acceptors (Lipinski definition) is 4. The van der Waals surface area contributed by atoms with Gasteiger partial charge in [-0.15, -0.1) is 0 Å². The van der Waals surface area contributed by atoms with Crippen molar-refractivity contribution < 1.29 is 19.1 Å². The van der Waals surface area contributed by atoms with Crippen LogP contribution >= 0.6 is 0 Å². The summed E-state index contributed by atoms with van der Waals surface area (Å²) in [5, 5.41) is 0. The van der Waals surface area contributed by atoms with Crippen molar-refractivity contribution in [2.45, 2.75) is 0 Å². The first-order valence-electron chi connectivity index (χ1n) is 5.35. The van der Waals surface area contributed by atoms with E-state index in [0.717, 1.165) is 0 Å². The molecule has 1 aromatic rings. The van der Waals surface area contributed by atoms with Gasteiger partial charge in [-0.05, 0) is 30.2 Å². The van der Waals surface area contributed by atoms with Crippen molar-refractivity contribution >= 4 is 12.1 Å². The van der Waals surface area contributed by atoms with Crippen LogP contribution in [0.4, 0.5) is 4.79 Å². The third-order valence-electron chi connectivity index (χ3n) is 2.40. The van der Waals surface area contributed by atoms with E-state index in [1.165, 1.54) is 12.0 Å². The summed E-state index contributed by atoms with van der Waals surface area (Å²) >= 11 is 0. The maximum absolute atomic E-state index is 11.2. The third-order valence-corrected chi connectivity index (χ3v) is 2.40. The molecule has 1 aromatic carbocycles. The Hall–Kier alpha value is -2.48. The molecule has 0 unspecified atom stereocenters. The van der Waals surface area contributed by atoms with E-state index in [2.05, 4.69) is 16.7 Å². The quantitative estimate of drug-likeness (QED) is 0.551. The van der Waals surface area contributed by atoms with E-state index in [-0.39, 0.29) is 0 Å². The molecule has 1 aliphatic rings. The topological polar surface area (TPSA) is 55.8 Å². The van der Waals surface area contributed by atoms with E-state index in [1.54, 1.807) is 24.3 Å². The molecule has 1 saturated heterocycles. The molecule has 1 fully saturated rings. The molecule has 0 aromatic heterocycles. The van der Waals surface area contributed by atoms with E-state index in [0.29, 0.717) is 24.3 Å². The number of hydrogen-bond donors (Lipinski definition) is 0. The Morgan fingerprint density at radius 2 is 2.11 bits per heavy atom. The molecule has 1 amide bonds. The number of cyclic esters (lactones) is 1. The van der Waals surface area contributed by atoms with Gasteiger partial charge in [0.05, 0.1) is 19.2 Å². The molecule has 0 spiro atoms. The maximum Gasteiger partial charge on any atom is 0.421 e. The van der Waals surface area contributed by atoms with E-state index in [4.69, 9.17) is 4.74 Å². The minimum atomic E-state index is -0.423. The highest BCUT2D eigenvalue weighted by Crippen LogP contribution is 2.05. The summed E-state index contributed by atoms with van der Waals surface area (Å²) in [6.07, 6.45) is -0.423. The molecule has 5 nitrogen and oxygen atoms in total. The zero-order chi connectivity index (χ0) is 13.0. The number of carbonyl (C=O) groups is 2. The second-order valence-electron chi connectivity index (χ2n) is 3.57. The van der Waals surface area contributed by atoms with Crippen molar-refractivity contribution in [3.8, 4) is 12.0 Å². The number of ether oxygens (including phenoxy) is 2. The van der Waals surface area contributed by atoms with Crippen LogP contribution in [-0.4, -0.2) is 37.2 Å². The first-order chi connectivity index (χ1) is 8.70. The molecule has 0 aliphatic carbocycles. The second kappa shape index (κ2) is 5.23. The molecule has 0 atom stereocenters. The summed E-state index contributed by atoms with van der Waals surface area (Å²) in [6.45, 7) is 0.848. The summed E-state index contributed by atoms with van der Waals surface area (Å²) in [5.74, 6) is 2.43. The Balaban J connectivity index is 2.09. The van der Waals surface area contributed by atoms with Gasteiger partial charge in [-0.25, -0.2) is 14.5 Å². The van der Waals surface area contributed by atoms with Crippen LogP contribution < -0.4 is 0 Å². The number of nitrogens with zero attached hydrogens (tertiary/aromatic N) is 1. The van der Waals surface area contributed by atoms with Crippen LogP contribution in [0, 0.1) is 12.0 Å². The minimum absolute atomic E-state index is 0.370. The van der Waals surface area contributed by atoms with Gasteiger partial charge in [0.15, 0.2) is 0 Å². The van der Waals surface area contributed by atoms with Gasteiger partial charge in [0.1, 0.15) is 6.61 Å². The monoisotopic (exact) mass is 245 g/mol. The molecule has 0 bridgehead atoms. The highest BCUT2D eigenvalue weighted by molar-refractivity contribution is 5.89. The number of esters is 1. The Morgan fingerprint density at radius 3 is 2.67 bits per heavy atom. The lowest BCUT2D eigenvalue weighted by molar-refractivity contribution is 0.0600. The van der Waals surface area contributed by atoms with Crippen LogP contribution in [0.3, 0.4) is 0 Å². The smallest absolute Gasteiger partial charge is 0.421 e. The van der Waals surface area contributed by atoms with Crippen molar-refractivity contribution in [1.29, 1.82) is 0 Å². The van der Waals surface area contributed by atoms with Crippen molar-refractivity contribution in [1.82, 2.24) is 4.90 Å². The van der Waals surface area contributed by atoms with Gasteiger partial charge in [-0.1, -0.05) is 0 Å². The van der Waals surface area contributed by atoms with Crippen LogP contribution in [0.5, 0.6) is 0 Å². The summed E-state index contributed by atoms with van der Waals surface area (Å²) in [4.78, 5) is 23.6. The SMILES string of the molecule is COC(=O)c1ccc(C#CN2CCOC2=O)cc1. The summed E-state index contributed by atoms with van der Waals surface area (Å²) < 4.78 is 9.33. The van der Waals surface area contributed by atoms with E-state index in [1.807, 2.05) is 0 Å². The Kier molecular flexibility index (Phi) is 3.49. The molecular formula is C13H11NO4. The van der Waals surface area contributed by atoms with Gasteiger partial charge in [0.2, 0.25) is 0 Å². The maximum atomic E-state index is 11.2. The number of carbonyl (C=O) groups excluding carboxylic acids is 2. The summed E-state index contributed by atoms with van der Waals surface area (Å²) in [7, 11) is 1.33. The predicted molar refractivity (Wildman–Crippen MR) is 62.7 cm³/mol. The van der Waals surface area contributed by atoms with Gasteiger partial charge in [-0.3, -0.25) is 0 Å². The molecule has 5 heteroatoms. The van der Waals surface area contributed by atoms with Gasteiger partial charge >= 0.3 is 12.1 Å². The van der Waals surface area contributed by atoms with Crippen molar-refractivity contribution in [2.24, 2.45) is 0 Å². The van der Waals surface area contributed by atoms with Crippen LogP contribution in [0.2, 0.25) is 0 Å². The first kappa shape index (κ1) is 12.0. The largest absolute Gasteiger partial charge is 0.465 e. The predicted octanol–water partition coefficient (Wildman–Crippen LogP) is 1.23. The van der Waals surface area contributed by atoms with Crippen LogP contribution in [0.25, 0.3) is 0 Å².